The summed E-state index contributed by atoms with van der Waals surface area (Å²) in [5.74, 6) is 0.639. The summed E-state index contributed by atoms with van der Waals surface area (Å²) in [6, 6.07) is 15.0. The summed E-state index contributed by atoms with van der Waals surface area (Å²) in [4.78, 5) is 28.2. The average Bonchev–Trinajstić information content (AvgIpc) is 3.21. The minimum Gasteiger partial charge on any atom is -0.508 e. The number of likely N-dealkylation sites (tertiary alicyclic amines) is 1. The molecule has 1 aliphatic heterocycles. The van der Waals surface area contributed by atoms with Crippen LogP contribution >= 0.6 is 0 Å². The summed E-state index contributed by atoms with van der Waals surface area (Å²) in [5.41, 5.74) is 4.07. The number of phenols is 1. The molecule has 1 N–H and O–H groups in total. The Balaban J connectivity index is 1.28. The van der Waals surface area contributed by atoms with Crippen LogP contribution in [-0.4, -0.2) is 48.5 Å². The Labute approximate surface area is 180 Å². The van der Waals surface area contributed by atoms with Gasteiger partial charge in [0.05, 0.1) is 24.1 Å². The van der Waals surface area contributed by atoms with E-state index in [1.807, 2.05) is 51.9 Å². The molecule has 1 aromatic carbocycles. The molecule has 0 radical (unpaired) electrons. The number of rotatable bonds is 4. The number of benzene rings is 1. The molecule has 0 spiro atoms. The number of amides is 1. The fraction of sp³-hybridized carbons (Fsp3) is 0.250. The van der Waals surface area contributed by atoms with Gasteiger partial charge in [-0.3, -0.25) is 9.78 Å². The van der Waals surface area contributed by atoms with Crippen LogP contribution < -0.4 is 0 Å². The first kappa shape index (κ1) is 19.2. The van der Waals surface area contributed by atoms with E-state index < -0.39 is 0 Å². The van der Waals surface area contributed by atoms with Gasteiger partial charge >= 0.3 is 0 Å². The van der Waals surface area contributed by atoms with Crippen LogP contribution in [0.2, 0.25) is 0 Å². The molecule has 156 valence electrons. The van der Waals surface area contributed by atoms with Crippen molar-refractivity contribution in [2.24, 2.45) is 0 Å². The summed E-state index contributed by atoms with van der Waals surface area (Å²) >= 11 is 0. The molecule has 0 bridgehead atoms. The Kier molecular flexibility index (Phi) is 5.08. The van der Waals surface area contributed by atoms with Crippen LogP contribution in [0, 0.1) is 0 Å². The first-order valence-corrected chi connectivity index (χ1v) is 10.5. The molecule has 3 aromatic heterocycles. The van der Waals surface area contributed by atoms with Gasteiger partial charge in [-0.1, -0.05) is 18.2 Å². The number of nitrogens with zero attached hydrogens (tertiary/aromatic N) is 5. The number of pyridine rings is 2. The maximum atomic E-state index is 13.0. The number of fused-ring (bicyclic) bond motifs is 1. The molecule has 5 rings (SSSR count). The van der Waals surface area contributed by atoms with Gasteiger partial charge in [0.25, 0.3) is 5.91 Å². The Morgan fingerprint density at radius 2 is 1.90 bits per heavy atom. The van der Waals surface area contributed by atoms with Crippen molar-refractivity contribution in [1.29, 1.82) is 0 Å². The monoisotopic (exact) mass is 413 g/mol. The normalized spacial score (nSPS) is 14.8. The second kappa shape index (κ2) is 8.18. The third-order valence-corrected chi connectivity index (χ3v) is 5.88. The lowest BCUT2D eigenvalue weighted by atomic mass is 9.89. The molecule has 4 heterocycles. The van der Waals surface area contributed by atoms with Crippen molar-refractivity contribution in [2.75, 3.05) is 13.1 Å². The van der Waals surface area contributed by atoms with E-state index in [2.05, 4.69) is 15.0 Å². The highest BCUT2D eigenvalue weighted by Gasteiger charge is 2.25. The number of aromatic nitrogens is 4. The lowest BCUT2D eigenvalue weighted by Gasteiger charge is -2.32. The Hall–Kier alpha value is -3.74. The fourth-order valence-corrected chi connectivity index (χ4v) is 4.22. The van der Waals surface area contributed by atoms with E-state index in [0.717, 1.165) is 29.7 Å². The van der Waals surface area contributed by atoms with Crippen LogP contribution in [0.25, 0.3) is 11.2 Å². The second-order valence-corrected chi connectivity index (χ2v) is 7.92. The van der Waals surface area contributed by atoms with Crippen LogP contribution in [0.3, 0.4) is 0 Å². The summed E-state index contributed by atoms with van der Waals surface area (Å²) in [7, 11) is 0. The van der Waals surface area contributed by atoms with E-state index in [9.17, 15) is 9.90 Å². The van der Waals surface area contributed by atoms with Gasteiger partial charge in [0.2, 0.25) is 0 Å². The van der Waals surface area contributed by atoms with Gasteiger partial charge in [0.1, 0.15) is 11.3 Å². The Morgan fingerprint density at radius 3 is 2.68 bits per heavy atom. The first-order valence-electron chi connectivity index (χ1n) is 10.5. The van der Waals surface area contributed by atoms with Gasteiger partial charge in [-0.15, -0.1) is 0 Å². The number of piperidine rings is 1. The maximum absolute atomic E-state index is 13.0. The quantitative estimate of drug-likeness (QED) is 0.553. The van der Waals surface area contributed by atoms with Gasteiger partial charge < -0.3 is 14.6 Å². The van der Waals surface area contributed by atoms with Crippen LogP contribution in [0.4, 0.5) is 0 Å². The highest BCUT2D eigenvalue weighted by Crippen LogP contribution is 2.30. The van der Waals surface area contributed by atoms with E-state index in [1.54, 1.807) is 24.8 Å². The summed E-state index contributed by atoms with van der Waals surface area (Å²) in [6.45, 7) is 1.96. The smallest absolute Gasteiger partial charge is 0.255 e. The molecule has 1 fully saturated rings. The number of hydrogen-bond donors (Lipinski definition) is 1. The lowest BCUT2D eigenvalue weighted by molar-refractivity contribution is 0.0712. The average molecular weight is 413 g/mol. The highest BCUT2D eigenvalue weighted by atomic mass is 16.3. The molecule has 31 heavy (non-hydrogen) atoms. The molecule has 0 atom stereocenters. The molecule has 0 saturated carbocycles. The van der Waals surface area contributed by atoms with Crippen LogP contribution in [-0.2, 0) is 6.54 Å². The molecule has 1 aliphatic rings. The topological polar surface area (TPSA) is 84.1 Å². The van der Waals surface area contributed by atoms with E-state index in [4.69, 9.17) is 0 Å². The Morgan fingerprint density at radius 1 is 1.03 bits per heavy atom. The van der Waals surface area contributed by atoms with Crippen molar-refractivity contribution in [3.8, 4) is 5.75 Å². The molecule has 0 unspecified atom stereocenters. The molecule has 7 heteroatoms. The number of aromatic hydroxyl groups is 1. The summed E-state index contributed by atoms with van der Waals surface area (Å²) in [5, 5.41) is 9.72. The van der Waals surface area contributed by atoms with Crippen molar-refractivity contribution in [1.82, 2.24) is 24.4 Å². The Bertz CT molecular complexity index is 1210. The largest absolute Gasteiger partial charge is 0.508 e. The molecule has 7 nitrogen and oxygen atoms in total. The predicted octanol–water partition coefficient (Wildman–Crippen LogP) is 3.60. The SMILES string of the molecule is O=C(c1cnc2c(c1)ncn2Cc1ccccn1)N1CCC(c2cccc(O)c2)CC1. The number of carbonyl (C=O) groups excluding carboxylic acids is 1. The fourth-order valence-electron chi connectivity index (χ4n) is 4.22. The van der Waals surface area contributed by atoms with Crippen molar-refractivity contribution < 1.29 is 9.90 Å². The molecular weight excluding hydrogens is 390 g/mol. The molecule has 0 aliphatic carbocycles. The first-order chi connectivity index (χ1) is 15.2. The van der Waals surface area contributed by atoms with Crippen molar-refractivity contribution in [2.45, 2.75) is 25.3 Å². The van der Waals surface area contributed by atoms with Gasteiger partial charge in [-0.25, -0.2) is 9.97 Å². The van der Waals surface area contributed by atoms with Gasteiger partial charge in [0.15, 0.2) is 5.65 Å². The van der Waals surface area contributed by atoms with Gasteiger partial charge in [-0.05, 0) is 54.7 Å². The van der Waals surface area contributed by atoms with Crippen LogP contribution in [0.15, 0.2) is 67.3 Å². The zero-order valence-electron chi connectivity index (χ0n) is 17.1. The van der Waals surface area contributed by atoms with Crippen molar-refractivity contribution in [3.05, 3.63) is 84.1 Å². The van der Waals surface area contributed by atoms with Crippen molar-refractivity contribution in [3.63, 3.8) is 0 Å². The van der Waals surface area contributed by atoms with E-state index in [0.29, 0.717) is 36.6 Å². The van der Waals surface area contributed by atoms with Crippen LogP contribution in [0.5, 0.6) is 5.75 Å². The number of hydrogen-bond acceptors (Lipinski definition) is 5. The third kappa shape index (κ3) is 3.99. The zero-order chi connectivity index (χ0) is 21.2. The maximum Gasteiger partial charge on any atom is 0.255 e. The third-order valence-electron chi connectivity index (χ3n) is 5.88. The van der Waals surface area contributed by atoms with E-state index >= 15 is 0 Å². The predicted molar refractivity (Wildman–Crippen MR) is 117 cm³/mol. The standard InChI is InChI=1S/C24H23N5O2/c30-21-6-3-4-18(12-21)17-7-10-28(11-8-17)24(31)19-13-22-23(26-14-19)29(16-27-22)15-20-5-1-2-9-25-20/h1-6,9,12-14,16-17,30H,7-8,10-11,15H2. The molecule has 1 saturated heterocycles. The van der Waals surface area contributed by atoms with Crippen LogP contribution in [0.1, 0.15) is 40.4 Å². The van der Waals surface area contributed by atoms with Gasteiger partial charge in [0, 0.05) is 25.5 Å². The molecule has 4 aromatic rings. The molecule has 1 amide bonds. The summed E-state index contributed by atoms with van der Waals surface area (Å²) in [6.07, 6.45) is 6.90. The number of carbonyl (C=O) groups is 1. The second-order valence-electron chi connectivity index (χ2n) is 7.92. The minimum atomic E-state index is -0.0111. The number of phenolic OH excluding ortho intramolecular Hbond substituents is 1. The number of imidazole rings is 1. The molecular formula is C24H23N5O2. The highest BCUT2D eigenvalue weighted by molar-refractivity contribution is 5.96. The zero-order valence-corrected chi connectivity index (χ0v) is 17.1. The lowest BCUT2D eigenvalue weighted by Crippen LogP contribution is -2.38. The van der Waals surface area contributed by atoms with E-state index in [-0.39, 0.29) is 11.7 Å². The summed E-state index contributed by atoms with van der Waals surface area (Å²) < 4.78 is 1.94. The van der Waals surface area contributed by atoms with E-state index in [1.165, 1.54) is 0 Å². The van der Waals surface area contributed by atoms with Gasteiger partial charge in [-0.2, -0.15) is 0 Å². The van der Waals surface area contributed by atoms with Crippen molar-refractivity contribution >= 4 is 17.1 Å². The minimum absolute atomic E-state index is 0.0111.